The van der Waals surface area contributed by atoms with Gasteiger partial charge in [0, 0.05) is 33.3 Å². The molecule has 2 aromatic heterocycles. The van der Waals surface area contributed by atoms with Gasteiger partial charge in [0.05, 0.1) is 13.1 Å². The van der Waals surface area contributed by atoms with Gasteiger partial charge in [-0.1, -0.05) is 18.2 Å². The fraction of sp³-hybridized carbons (Fsp3) is 0.167. The minimum absolute atomic E-state index is 0.0329. The van der Waals surface area contributed by atoms with Crippen LogP contribution in [0.15, 0.2) is 53.3 Å². The number of hydrogen-bond acceptors (Lipinski definition) is 4. The standard InChI is InChI=1S/C18H17BrN4O2/c1-23(11-18(25)22-17-7-6-12(19)8-21-17)10-16(24)14-9-20-15-5-3-2-4-13(14)15/h2-9,20H,10-11H2,1H3,(H,21,22,25). The summed E-state index contributed by atoms with van der Waals surface area (Å²) in [5.74, 6) is 0.225. The van der Waals surface area contributed by atoms with Gasteiger partial charge in [-0.3, -0.25) is 14.5 Å². The van der Waals surface area contributed by atoms with Crippen LogP contribution in [0.5, 0.6) is 0 Å². The van der Waals surface area contributed by atoms with Gasteiger partial charge in [0.1, 0.15) is 5.82 Å². The number of likely N-dealkylation sites (N-methyl/N-ethyl adjacent to an activating group) is 1. The van der Waals surface area contributed by atoms with E-state index in [0.717, 1.165) is 15.4 Å². The van der Waals surface area contributed by atoms with Crippen molar-refractivity contribution < 1.29 is 9.59 Å². The first kappa shape index (κ1) is 17.3. The summed E-state index contributed by atoms with van der Waals surface area (Å²) in [7, 11) is 1.74. The molecule has 0 aliphatic rings. The molecule has 0 bridgehead atoms. The second-order valence-corrected chi connectivity index (χ2v) is 6.67. The van der Waals surface area contributed by atoms with Crippen molar-refractivity contribution in [3.8, 4) is 0 Å². The molecule has 3 aromatic rings. The van der Waals surface area contributed by atoms with Crippen LogP contribution in [0.25, 0.3) is 10.9 Å². The molecule has 0 radical (unpaired) electrons. The average molecular weight is 401 g/mol. The summed E-state index contributed by atoms with van der Waals surface area (Å²) in [5.41, 5.74) is 1.56. The highest BCUT2D eigenvalue weighted by Crippen LogP contribution is 2.18. The number of pyridine rings is 1. The third-order valence-corrected chi connectivity index (χ3v) is 4.18. The smallest absolute Gasteiger partial charge is 0.239 e. The first-order chi connectivity index (χ1) is 12.0. The lowest BCUT2D eigenvalue weighted by Crippen LogP contribution is -2.34. The quantitative estimate of drug-likeness (QED) is 0.623. The van der Waals surface area contributed by atoms with Crippen LogP contribution < -0.4 is 5.32 Å². The number of rotatable bonds is 6. The second-order valence-electron chi connectivity index (χ2n) is 5.75. The molecule has 1 amide bonds. The number of ketones is 1. The van der Waals surface area contributed by atoms with Gasteiger partial charge >= 0.3 is 0 Å². The predicted molar refractivity (Wildman–Crippen MR) is 101 cm³/mol. The maximum absolute atomic E-state index is 12.5. The lowest BCUT2D eigenvalue weighted by atomic mass is 10.1. The number of H-pyrrole nitrogens is 1. The van der Waals surface area contributed by atoms with Crippen LogP contribution in [0.3, 0.4) is 0 Å². The Labute approximate surface area is 153 Å². The molecule has 2 heterocycles. The largest absolute Gasteiger partial charge is 0.360 e. The van der Waals surface area contributed by atoms with E-state index in [2.05, 4.69) is 31.2 Å². The zero-order valence-electron chi connectivity index (χ0n) is 13.6. The SMILES string of the molecule is CN(CC(=O)Nc1ccc(Br)cn1)CC(=O)c1c[nH]c2ccccc12. The minimum atomic E-state index is -0.218. The minimum Gasteiger partial charge on any atom is -0.360 e. The number of fused-ring (bicyclic) bond motifs is 1. The zero-order valence-corrected chi connectivity index (χ0v) is 15.2. The zero-order chi connectivity index (χ0) is 17.8. The Morgan fingerprint density at radius 2 is 2.00 bits per heavy atom. The van der Waals surface area contributed by atoms with Crippen LogP contribution >= 0.6 is 15.9 Å². The number of carbonyl (C=O) groups excluding carboxylic acids is 2. The van der Waals surface area contributed by atoms with Crippen molar-refractivity contribution in [2.45, 2.75) is 0 Å². The van der Waals surface area contributed by atoms with Crippen molar-refractivity contribution in [1.82, 2.24) is 14.9 Å². The van der Waals surface area contributed by atoms with Gasteiger partial charge in [-0.15, -0.1) is 0 Å². The average Bonchev–Trinajstić information content (AvgIpc) is 3.01. The number of Topliss-reactive ketones (excluding diaryl/α,β-unsaturated/α-hetero) is 1. The Hall–Kier alpha value is -2.51. The number of anilines is 1. The van der Waals surface area contributed by atoms with E-state index in [0.29, 0.717) is 11.4 Å². The van der Waals surface area contributed by atoms with Crippen LogP contribution in [0.4, 0.5) is 5.82 Å². The third kappa shape index (κ3) is 4.32. The van der Waals surface area contributed by atoms with Crippen molar-refractivity contribution in [3.05, 3.63) is 58.8 Å². The molecule has 1 aromatic carbocycles. The monoisotopic (exact) mass is 400 g/mol. The van der Waals surface area contributed by atoms with Crippen LogP contribution in [-0.4, -0.2) is 46.7 Å². The molecule has 0 aliphatic carbocycles. The Kier molecular flexibility index (Phi) is 5.25. The van der Waals surface area contributed by atoms with Gasteiger partial charge in [0.2, 0.25) is 5.91 Å². The molecule has 6 nitrogen and oxygen atoms in total. The summed E-state index contributed by atoms with van der Waals surface area (Å²) >= 11 is 3.29. The summed E-state index contributed by atoms with van der Waals surface area (Å²) in [4.78, 5) is 33.4. The number of hydrogen-bond donors (Lipinski definition) is 2. The number of carbonyl (C=O) groups is 2. The lowest BCUT2D eigenvalue weighted by Gasteiger charge is -2.15. The molecule has 0 atom stereocenters. The lowest BCUT2D eigenvalue weighted by molar-refractivity contribution is -0.116. The summed E-state index contributed by atoms with van der Waals surface area (Å²) in [6.07, 6.45) is 3.33. The topological polar surface area (TPSA) is 78.1 Å². The number of benzene rings is 1. The third-order valence-electron chi connectivity index (χ3n) is 3.71. The van der Waals surface area contributed by atoms with Gasteiger partial charge in [0.25, 0.3) is 0 Å². The van der Waals surface area contributed by atoms with Crippen molar-refractivity contribution in [2.75, 3.05) is 25.5 Å². The van der Waals surface area contributed by atoms with Crippen molar-refractivity contribution >= 4 is 44.3 Å². The Balaban J connectivity index is 1.58. The van der Waals surface area contributed by atoms with E-state index in [1.165, 1.54) is 0 Å². The molecule has 0 saturated carbocycles. The van der Waals surface area contributed by atoms with E-state index < -0.39 is 0 Å². The second kappa shape index (κ2) is 7.58. The van der Waals surface area contributed by atoms with Crippen molar-refractivity contribution in [3.63, 3.8) is 0 Å². The van der Waals surface area contributed by atoms with Crippen LogP contribution in [0.2, 0.25) is 0 Å². The Morgan fingerprint density at radius 1 is 1.20 bits per heavy atom. The number of aromatic nitrogens is 2. The van der Waals surface area contributed by atoms with Gasteiger partial charge in [-0.25, -0.2) is 4.98 Å². The highest BCUT2D eigenvalue weighted by molar-refractivity contribution is 9.10. The van der Waals surface area contributed by atoms with Gasteiger partial charge in [0.15, 0.2) is 5.78 Å². The summed E-state index contributed by atoms with van der Waals surface area (Å²) in [6, 6.07) is 11.2. The molecule has 3 rings (SSSR count). The number of amides is 1. The van der Waals surface area contributed by atoms with Crippen molar-refractivity contribution in [2.24, 2.45) is 0 Å². The molecular formula is C18H17BrN4O2. The molecular weight excluding hydrogens is 384 g/mol. The molecule has 25 heavy (non-hydrogen) atoms. The predicted octanol–water partition coefficient (Wildman–Crippen LogP) is 3.08. The van der Waals surface area contributed by atoms with Gasteiger partial charge < -0.3 is 10.3 Å². The highest BCUT2D eigenvalue weighted by atomic mass is 79.9. The number of para-hydroxylation sites is 1. The molecule has 128 valence electrons. The molecule has 0 fully saturated rings. The van der Waals surface area contributed by atoms with E-state index in [9.17, 15) is 9.59 Å². The number of nitrogens with zero attached hydrogens (tertiary/aromatic N) is 2. The molecule has 2 N–H and O–H groups in total. The van der Waals surface area contributed by atoms with Gasteiger partial charge in [-0.2, -0.15) is 0 Å². The van der Waals surface area contributed by atoms with Crippen LogP contribution in [-0.2, 0) is 4.79 Å². The van der Waals surface area contributed by atoms with E-state index in [1.54, 1.807) is 36.5 Å². The normalized spacial score (nSPS) is 11.0. The number of halogens is 1. The Bertz CT molecular complexity index is 905. The molecule has 0 spiro atoms. The first-order valence-electron chi connectivity index (χ1n) is 7.72. The van der Waals surface area contributed by atoms with Crippen molar-refractivity contribution in [1.29, 1.82) is 0 Å². The maximum Gasteiger partial charge on any atom is 0.239 e. The maximum atomic E-state index is 12.5. The Morgan fingerprint density at radius 3 is 2.76 bits per heavy atom. The molecule has 7 heteroatoms. The molecule has 0 aliphatic heterocycles. The summed E-state index contributed by atoms with van der Waals surface area (Å²) in [6.45, 7) is 0.259. The molecule has 0 saturated heterocycles. The fourth-order valence-electron chi connectivity index (χ4n) is 2.57. The van der Waals surface area contributed by atoms with E-state index >= 15 is 0 Å². The van der Waals surface area contributed by atoms with E-state index in [1.807, 2.05) is 24.3 Å². The van der Waals surface area contributed by atoms with Crippen LogP contribution in [0.1, 0.15) is 10.4 Å². The molecule has 0 unspecified atom stereocenters. The fourth-order valence-corrected chi connectivity index (χ4v) is 2.80. The van der Waals surface area contributed by atoms with Crippen LogP contribution in [0, 0.1) is 0 Å². The number of aromatic amines is 1. The first-order valence-corrected chi connectivity index (χ1v) is 8.51. The highest BCUT2D eigenvalue weighted by Gasteiger charge is 2.15. The summed E-state index contributed by atoms with van der Waals surface area (Å²) < 4.78 is 0.840. The summed E-state index contributed by atoms with van der Waals surface area (Å²) in [5, 5.41) is 3.60. The number of nitrogens with one attached hydrogen (secondary N) is 2. The van der Waals surface area contributed by atoms with E-state index in [4.69, 9.17) is 0 Å². The van der Waals surface area contributed by atoms with E-state index in [-0.39, 0.29) is 24.8 Å². The van der Waals surface area contributed by atoms with Gasteiger partial charge in [-0.05, 0) is 41.2 Å².